The van der Waals surface area contributed by atoms with E-state index in [9.17, 15) is 9.59 Å². The third kappa shape index (κ3) is 3.73. The first-order chi connectivity index (χ1) is 11.7. The van der Waals surface area contributed by atoms with E-state index >= 15 is 0 Å². The highest BCUT2D eigenvalue weighted by molar-refractivity contribution is 5.90. The highest BCUT2D eigenvalue weighted by atomic mass is 16.6. The van der Waals surface area contributed by atoms with Gasteiger partial charge in [-0.2, -0.15) is 0 Å². The molecule has 1 aliphatic rings. The number of nitrogens with one attached hydrogen (secondary N) is 1. The molecule has 1 N–H and O–H groups in total. The van der Waals surface area contributed by atoms with E-state index < -0.39 is 0 Å². The highest BCUT2D eigenvalue weighted by Gasteiger charge is 2.13. The summed E-state index contributed by atoms with van der Waals surface area (Å²) in [5.74, 6) is 0.951. The number of carbonyl (C=O) groups is 1. The Labute approximate surface area is 139 Å². The summed E-state index contributed by atoms with van der Waals surface area (Å²) in [6.45, 7) is 2.93. The Kier molecular flexibility index (Phi) is 4.79. The highest BCUT2D eigenvalue weighted by Crippen LogP contribution is 2.32. The maximum Gasteiger partial charge on any atom is 0.253 e. The van der Waals surface area contributed by atoms with Crippen molar-refractivity contribution in [2.75, 3.05) is 18.5 Å². The van der Waals surface area contributed by atoms with Gasteiger partial charge in [0.2, 0.25) is 5.91 Å². The number of benzene rings is 1. The molecular weight excluding hydrogens is 310 g/mol. The van der Waals surface area contributed by atoms with E-state index in [1.165, 1.54) is 17.0 Å². The number of carbonyl (C=O) groups excluding carboxylic acids is 1. The standard InChI is InChI=1S/C17H19N3O4/c1-2-3-12-9-17(22)20(11-18-12)10-16(21)19-13-4-5-14-15(8-13)24-7-6-23-14/h4-5,8-9,11H,2-3,6-7,10H2,1H3,(H,19,21). The largest absolute Gasteiger partial charge is 0.486 e. The van der Waals surface area contributed by atoms with Crippen molar-refractivity contribution in [2.24, 2.45) is 0 Å². The molecule has 1 aromatic heterocycles. The van der Waals surface area contributed by atoms with Gasteiger partial charge in [0.15, 0.2) is 11.5 Å². The van der Waals surface area contributed by atoms with Crippen LogP contribution in [0.4, 0.5) is 5.69 Å². The second-order valence-corrected chi connectivity index (χ2v) is 5.50. The van der Waals surface area contributed by atoms with Crippen LogP contribution in [0.25, 0.3) is 0 Å². The SMILES string of the molecule is CCCc1cc(=O)n(CC(=O)Nc2ccc3c(c2)OCCO3)cn1. The molecular formula is C17H19N3O4. The Bertz CT molecular complexity index is 801. The summed E-state index contributed by atoms with van der Waals surface area (Å²) in [6.07, 6.45) is 3.08. The number of anilines is 1. The second-order valence-electron chi connectivity index (χ2n) is 5.50. The van der Waals surface area contributed by atoms with Crippen LogP contribution in [0.15, 0.2) is 35.4 Å². The van der Waals surface area contributed by atoms with Crippen LogP contribution >= 0.6 is 0 Å². The first-order valence-electron chi connectivity index (χ1n) is 7.90. The summed E-state index contributed by atoms with van der Waals surface area (Å²) < 4.78 is 12.2. The Balaban J connectivity index is 1.66. The predicted molar refractivity (Wildman–Crippen MR) is 88.6 cm³/mol. The fraction of sp³-hybridized carbons (Fsp3) is 0.353. The Morgan fingerprint density at radius 1 is 1.25 bits per heavy atom. The van der Waals surface area contributed by atoms with Crippen molar-refractivity contribution in [1.82, 2.24) is 9.55 Å². The van der Waals surface area contributed by atoms with Crippen molar-refractivity contribution in [3.05, 3.63) is 46.6 Å². The molecule has 2 aromatic rings. The van der Waals surface area contributed by atoms with Gasteiger partial charge in [-0.1, -0.05) is 13.3 Å². The quantitative estimate of drug-likeness (QED) is 0.901. The fourth-order valence-electron chi connectivity index (χ4n) is 2.45. The van der Waals surface area contributed by atoms with Crippen LogP contribution in [-0.2, 0) is 17.8 Å². The van der Waals surface area contributed by atoms with Gasteiger partial charge in [-0.25, -0.2) is 4.98 Å². The number of aryl methyl sites for hydroxylation is 1. The van der Waals surface area contributed by atoms with E-state index in [1.807, 2.05) is 6.92 Å². The van der Waals surface area contributed by atoms with Gasteiger partial charge >= 0.3 is 0 Å². The van der Waals surface area contributed by atoms with Crippen molar-refractivity contribution in [1.29, 1.82) is 0 Å². The number of ether oxygens (including phenoxy) is 2. The van der Waals surface area contributed by atoms with Gasteiger partial charge in [0, 0.05) is 23.5 Å². The van der Waals surface area contributed by atoms with Crippen LogP contribution in [0.3, 0.4) is 0 Å². The molecule has 126 valence electrons. The minimum absolute atomic E-state index is 0.0906. The molecule has 1 aromatic carbocycles. The van der Waals surface area contributed by atoms with Gasteiger partial charge in [-0.15, -0.1) is 0 Å². The van der Waals surface area contributed by atoms with E-state index in [0.717, 1.165) is 18.5 Å². The lowest BCUT2D eigenvalue weighted by Crippen LogP contribution is -2.28. The molecule has 0 spiro atoms. The number of rotatable bonds is 5. The Morgan fingerprint density at radius 2 is 2.04 bits per heavy atom. The van der Waals surface area contributed by atoms with Crippen molar-refractivity contribution < 1.29 is 14.3 Å². The summed E-state index contributed by atoms with van der Waals surface area (Å²) in [5, 5.41) is 2.75. The number of amides is 1. The summed E-state index contributed by atoms with van der Waals surface area (Å²) in [6, 6.07) is 6.66. The monoisotopic (exact) mass is 329 g/mol. The van der Waals surface area contributed by atoms with Gasteiger partial charge in [0.25, 0.3) is 5.56 Å². The van der Waals surface area contributed by atoms with E-state index in [1.54, 1.807) is 18.2 Å². The average Bonchev–Trinajstić information content (AvgIpc) is 2.57. The van der Waals surface area contributed by atoms with E-state index in [2.05, 4.69) is 10.3 Å². The van der Waals surface area contributed by atoms with Gasteiger partial charge in [0.05, 0.1) is 6.33 Å². The van der Waals surface area contributed by atoms with Crippen LogP contribution in [0.1, 0.15) is 19.0 Å². The molecule has 0 fully saturated rings. The second kappa shape index (κ2) is 7.16. The summed E-state index contributed by atoms with van der Waals surface area (Å²) >= 11 is 0. The maximum absolute atomic E-state index is 12.1. The van der Waals surface area contributed by atoms with Crippen LogP contribution in [0.5, 0.6) is 11.5 Å². The van der Waals surface area contributed by atoms with Crippen LogP contribution in [-0.4, -0.2) is 28.7 Å². The van der Waals surface area contributed by atoms with Gasteiger partial charge in [-0.05, 0) is 18.6 Å². The Hall–Kier alpha value is -2.83. The third-order valence-electron chi connectivity index (χ3n) is 3.58. The van der Waals surface area contributed by atoms with E-state index in [4.69, 9.17) is 9.47 Å². The lowest BCUT2D eigenvalue weighted by atomic mass is 10.2. The normalized spacial score (nSPS) is 12.7. The number of fused-ring (bicyclic) bond motifs is 1. The molecule has 3 rings (SSSR count). The minimum Gasteiger partial charge on any atom is -0.486 e. The first-order valence-corrected chi connectivity index (χ1v) is 7.90. The van der Waals surface area contributed by atoms with E-state index in [-0.39, 0.29) is 18.0 Å². The predicted octanol–water partition coefficient (Wildman–Crippen LogP) is 1.61. The van der Waals surface area contributed by atoms with Crippen LogP contribution < -0.4 is 20.3 Å². The van der Waals surface area contributed by atoms with Crippen molar-refractivity contribution in [2.45, 2.75) is 26.3 Å². The smallest absolute Gasteiger partial charge is 0.253 e. The van der Waals surface area contributed by atoms with Gasteiger partial charge in [-0.3, -0.25) is 14.2 Å². The van der Waals surface area contributed by atoms with Gasteiger partial charge < -0.3 is 14.8 Å². The molecule has 0 saturated heterocycles. The molecule has 7 heteroatoms. The molecule has 0 aliphatic carbocycles. The van der Waals surface area contributed by atoms with Crippen LogP contribution in [0, 0.1) is 0 Å². The number of hydrogen-bond acceptors (Lipinski definition) is 5. The topological polar surface area (TPSA) is 82.5 Å². The first kappa shape index (κ1) is 16.0. The molecule has 0 bridgehead atoms. The third-order valence-corrected chi connectivity index (χ3v) is 3.58. The molecule has 0 atom stereocenters. The van der Waals surface area contributed by atoms with E-state index in [0.29, 0.717) is 30.4 Å². The molecule has 0 saturated carbocycles. The molecule has 0 radical (unpaired) electrons. The Morgan fingerprint density at radius 3 is 2.79 bits per heavy atom. The van der Waals surface area contributed by atoms with Gasteiger partial charge in [0.1, 0.15) is 19.8 Å². The number of hydrogen-bond donors (Lipinski definition) is 1. The van der Waals surface area contributed by atoms with Crippen LogP contribution in [0.2, 0.25) is 0 Å². The zero-order chi connectivity index (χ0) is 16.9. The summed E-state index contributed by atoms with van der Waals surface area (Å²) in [5.41, 5.74) is 1.10. The molecule has 2 heterocycles. The minimum atomic E-state index is -0.307. The molecule has 0 unspecified atom stereocenters. The van der Waals surface area contributed by atoms with Crippen molar-refractivity contribution >= 4 is 11.6 Å². The van der Waals surface area contributed by atoms with Crippen molar-refractivity contribution in [3.63, 3.8) is 0 Å². The fourth-order valence-corrected chi connectivity index (χ4v) is 2.45. The maximum atomic E-state index is 12.1. The molecule has 24 heavy (non-hydrogen) atoms. The lowest BCUT2D eigenvalue weighted by molar-refractivity contribution is -0.116. The summed E-state index contributed by atoms with van der Waals surface area (Å²) in [4.78, 5) is 28.3. The average molecular weight is 329 g/mol. The van der Waals surface area contributed by atoms with Crippen molar-refractivity contribution in [3.8, 4) is 11.5 Å². The number of aromatic nitrogens is 2. The zero-order valence-corrected chi connectivity index (χ0v) is 13.4. The molecule has 1 aliphatic heterocycles. The molecule has 1 amide bonds. The summed E-state index contributed by atoms with van der Waals surface area (Å²) in [7, 11) is 0. The number of nitrogens with zero attached hydrogens (tertiary/aromatic N) is 2. The lowest BCUT2D eigenvalue weighted by Gasteiger charge is -2.19. The molecule has 7 nitrogen and oxygen atoms in total. The zero-order valence-electron chi connectivity index (χ0n) is 13.4.